The number of alkyl halides is 3. The van der Waals surface area contributed by atoms with E-state index < -0.39 is 17.6 Å². The quantitative estimate of drug-likeness (QED) is 0.213. The molecule has 0 amide bonds. The standard InChI is InChI=1S/C31H18F4S/c32-26-16-24(15-25(18-26)31(33,34)35)20-10-8-19(9-11-20)21-4-3-5-22(14-21)23-12-13-30-28(17-23)27-6-1-2-7-29(27)36-30/h1-18H. The maximum Gasteiger partial charge on any atom is 0.416 e. The highest BCUT2D eigenvalue weighted by atomic mass is 32.1. The molecule has 0 radical (unpaired) electrons. The Labute approximate surface area is 209 Å². The summed E-state index contributed by atoms with van der Waals surface area (Å²) in [6.07, 6.45) is -4.60. The van der Waals surface area contributed by atoms with Crippen molar-refractivity contribution in [1.82, 2.24) is 0 Å². The van der Waals surface area contributed by atoms with E-state index in [1.807, 2.05) is 24.3 Å². The number of benzene rings is 5. The summed E-state index contributed by atoms with van der Waals surface area (Å²) < 4.78 is 55.7. The van der Waals surface area contributed by atoms with Crippen LogP contribution in [0.1, 0.15) is 5.56 Å². The predicted molar refractivity (Wildman–Crippen MR) is 141 cm³/mol. The first-order valence-electron chi connectivity index (χ1n) is 11.4. The van der Waals surface area contributed by atoms with Crippen molar-refractivity contribution in [2.75, 3.05) is 0 Å². The van der Waals surface area contributed by atoms with Crippen molar-refractivity contribution in [3.8, 4) is 33.4 Å². The van der Waals surface area contributed by atoms with Gasteiger partial charge >= 0.3 is 6.18 Å². The van der Waals surface area contributed by atoms with Crippen LogP contribution in [0.15, 0.2) is 109 Å². The maximum atomic E-state index is 13.9. The molecule has 0 spiro atoms. The lowest BCUT2D eigenvalue weighted by atomic mass is 9.96. The van der Waals surface area contributed by atoms with Gasteiger partial charge in [0.1, 0.15) is 5.82 Å². The Morgan fingerprint density at radius 2 is 1.08 bits per heavy atom. The van der Waals surface area contributed by atoms with Gasteiger partial charge in [-0.05, 0) is 75.8 Å². The number of hydrogen-bond donors (Lipinski definition) is 0. The van der Waals surface area contributed by atoms with Gasteiger partial charge in [-0.1, -0.05) is 66.7 Å². The van der Waals surface area contributed by atoms with E-state index in [0.717, 1.165) is 34.4 Å². The average molecular weight is 499 g/mol. The van der Waals surface area contributed by atoms with Gasteiger partial charge in [0, 0.05) is 20.2 Å². The Hall–Kier alpha value is -3.96. The minimum atomic E-state index is -4.60. The summed E-state index contributed by atoms with van der Waals surface area (Å²) >= 11 is 1.78. The van der Waals surface area contributed by atoms with E-state index in [2.05, 4.69) is 54.6 Å². The van der Waals surface area contributed by atoms with E-state index in [0.29, 0.717) is 11.6 Å². The second-order valence-corrected chi connectivity index (χ2v) is 9.78. The largest absolute Gasteiger partial charge is 0.416 e. The molecule has 6 rings (SSSR count). The monoisotopic (exact) mass is 498 g/mol. The van der Waals surface area contributed by atoms with E-state index in [1.54, 1.807) is 23.5 Å². The van der Waals surface area contributed by atoms with Gasteiger partial charge in [0.15, 0.2) is 0 Å². The van der Waals surface area contributed by atoms with Crippen LogP contribution in [0.4, 0.5) is 17.6 Å². The zero-order chi connectivity index (χ0) is 24.9. The molecular formula is C31H18F4S. The van der Waals surface area contributed by atoms with E-state index in [-0.39, 0.29) is 5.56 Å². The van der Waals surface area contributed by atoms with Gasteiger partial charge in [0.25, 0.3) is 0 Å². The number of rotatable bonds is 3. The van der Waals surface area contributed by atoms with Crippen molar-refractivity contribution >= 4 is 31.5 Å². The number of fused-ring (bicyclic) bond motifs is 3. The molecule has 1 aromatic heterocycles. The molecule has 0 fully saturated rings. The second-order valence-electron chi connectivity index (χ2n) is 8.69. The molecule has 0 atom stereocenters. The number of hydrogen-bond acceptors (Lipinski definition) is 1. The van der Waals surface area contributed by atoms with E-state index >= 15 is 0 Å². The molecule has 5 aromatic carbocycles. The Morgan fingerprint density at radius 3 is 1.83 bits per heavy atom. The van der Waals surface area contributed by atoms with Gasteiger partial charge in [0.2, 0.25) is 0 Å². The minimum Gasteiger partial charge on any atom is -0.207 e. The first-order chi connectivity index (χ1) is 17.3. The van der Waals surface area contributed by atoms with Crippen molar-refractivity contribution in [1.29, 1.82) is 0 Å². The molecule has 0 saturated carbocycles. The molecule has 0 N–H and O–H groups in total. The van der Waals surface area contributed by atoms with Crippen LogP contribution in [0.2, 0.25) is 0 Å². The lowest BCUT2D eigenvalue weighted by molar-refractivity contribution is -0.137. The normalized spacial score (nSPS) is 11.9. The molecule has 0 saturated heterocycles. The van der Waals surface area contributed by atoms with Crippen LogP contribution in [0.3, 0.4) is 0 Å². The summed E-state index contributed by atoms with van der Waals surface area (Å²) in [4.78, 5) is 0. The fraction of sp³-hybridized carbons (Fsp3) is 0.0323. The van der Waals surface area contributed by atoms with E-state index in [1.165, 1.54) is 20.2 Å². The molecule has 176 valence electrons. The van der Waals surface area contributed by atoms with Crippen molar-refractivity contribution < 1.29 is 17.6 Å². The van der Waals surface area contributed by atoms with Crippen LogP contribution in [0.25, 0.3) is 53.6 Å². The number of thiophene rings is 1. The Bertz CT molecular complexity index is 1730. The van der Waals surface area contributed by atoms with Crippen LogP contribution < -0.4 is 0 Å². The molecule has 5 heteroatoms. The number of halogens is 4. The smallest absolute Gasteiger partial charge is 0.207 e. The highest BCUT2D eigenvalue weighted by Gasteiger charge is 2.31. The third-order valence-electron chi connectivity index (χ3n) is 6.35. The Kier molecular flexibility index (Phi) is 5.38. The molecule has 0 aliphatic heterocycles. The van der Waals surface area contributed by atoms with Crippen LogP contribution in [0, 0.1) is 5.82 Å². The second kappa shape index (κ2) is 8.61. The summed E-state index contributed by atoms with van der Waals surface area (Å²) in [5.74, 6) is -0.910. The highest BCUT2D eigenvalue weighted by Crippen LogP contribution is 2.37. The predicted octanol–water partition coefficient (Wildman–Crippen LogP) is 10.2. The molecule has 0 bridgehead atoms. The van der Waals surface area contributed by atoms with Gasteiger partial charge < -0.3 is 0 Å². The van der Waals surface area contributed by atoms with Gasteiger partial charge in [0.05, 0.1) is 5.56 Å². The summed E-state index contributed by atoms with van der Waals surface area (Å²) in [5, 5.41) is 2.48. The first-order valence-corrected chi connectivity index (χ1v) is 12.2. The van der Waals surface area contributed by atoms with Crippen molar-refractivity contribution in [2.45, 2.75) is 6.18 Å². The summed E-state index contributed by atoms with van der Waals surface area (Å²) in [6, 6.07) is 32.8. The fourth-order valence-electron chi connectivity index (χ4n) is 4.56. The molecule has 36 heavy (non-hydrogen) atoms. The average Bonchev–Trinajstić information content (AvgIpc) is 3.26. The summed E-state index contributed by atoms with van der Waals surface area (Å²) in [7, 11) is 0. The lowest BCUT2D eigenvalue weighted by Crippen LogP contribution is -2.05. The zero-order valence-electron chi connectivity index (χ0n) is 18.8. The van der Waals surface area contributed by atoms with Gasteiger partial charge in [-0.3, -0.25) is 0 Å². The molecule has 0 aliphatic carbocycles. The van der Waals surface area contributed by atoms with Crippen LogP contribution >= 0.6 is 11.3 Å². The SMILES string of the molecule is Fc1cc(-c2ccc(-c3cccc(-c4ccc5sc6ccccc6c5c4)c3)cc2)cc(C(F)(F)F)c1. The van der Waals surface area contributed by atoms with Crippen LogP contribution in [0.5, 0.6) is 0 Å². The van der Waals surface area contributed by atoms with Crippen molar-refractivity contribution in [3.05, 3.63) is 121 Å². The topological polar surface area (TPSA) is 0 Å². The van der Waals surface area contributed by atoms with Gasteiger partial charge in [-0.2, -0.15) is 13.2 Å². The molecule has 0 aliphatic rings. The van der Waals surface area contributed by atoms with Gasteiger partial charge in [-0.15, -0.1) is 11.3 Å². The van der Waals surface area contributed by atoms with Crippen molar-refractivity contribution in [3.63, 3.8) is 0 Å². The molecular weight excluding hydrogens is 480 g/mol. The Morgan fingerprint density at radius 1 is 0.472 bits per heavy atom. The third-order valence-corrected chi connectivity index (χ3v) is 7.50. The summed E-state index contributed by atoms with van der Waals surface area (Å²) in [5.41, 5.74) is 3.83. The van der Waals surface area contributed by atoms with E-state index in [4.69, 9.17) is 0 Å². The molecule has 0 nitrogen and oxygen atoms in total. The molecule has 6 aromatic rings. The highest BCUT2D eigenvalue weighted by molar-refractivity contribution is 7.25. The molecule has 0 unspecified atom stereocenters. The summed E-state index contributed by atoms with van der Waals surface area (Å²) in [6.45, 7) is 0. The molecule has 1 heterocycles. The van der Waals surface area contributed by atoms with Gasteiger partial charge in [-0.25, -0.2) is 4.39 Å². The van der Waals surface area contributed by atoms with E-state index in [9.17, 15) is 17.6 Å². The zero-order valence-corrected chi connectivity index (χ0v) is 19.6. The maximum absolute atomic E-state index is 13.9. The Balaban J connectivity index is 1.34. The third kappa shape index (κ3) is 4.16. The fourth-order valence-corrected chi connectivity index (χ4v) is 5.65. The first kappa shape index (κ1) is 22.5. The van der Waals surface area contributed by atoms with Crippen LogP contribution in [-0.2, 0) is 6.18 Å². The van der Waals surface area contributed by atoms with Crippen molar-refractivity contribution in [2.24, 2.45) is 0 Å². The van der Waals surface area contributed by atoms with Crippen LogP contribution in [-0.4, -0.2) is 0 Å². The minimum absolute atomic E-state index is 0.193. The lowest BCUT2D eigenvalue weighted by Gasteiger charge is -2.11.